The zero-order valence-electron chi connectivity index (χ0n) is 16.1. The summed E-state index contributed by atoms with van der Waals surface area (Å²) in [6.07, 6.45) is 1.66. The number of aliphatic hydroxyl groups is 1. The number of halogens is 1. The molecule has 0 radical (unpaired) electrons. The number of anilines is 2. The van der Waals surface area contributed by atoms with Crippen LogP contribution in [0.25, 0.3) is 0 Å². The van der Waals surface area contributed by atoms with Gasteiger partial charge in [0.2, 0.25) is 0 Å². The van der Waals surface area contributed by atoms with Crippen molar-refractivity contribution in [3.63, 3.8) is 0 Å². The lowest BCUT2D eigenvalue weighted by atomic mass is 10.1. The lowest BCUT2D eigenvalue weighted by Gasteiger charge is -2.12. The fourth-order valence-corrected chi connectivity index (χ4v) is 4.19. The Morgan fingerprint density at radius 1 is 1.03 bits per heavy atom. The van der Waals surface area contributed by atoms with Crippen LogP contribution in [0.3, 0.4) is 0 Å². The lowest BCUT2D eigenvalue weighted by Crippen LogP contribution is -2.23. The van der Waals surface area contributed by atoms with E-state index in [4.69, 9.17) is 5.73 Å². The summed E-state index contributed by atoms with van der Waals surface area (Å²) in [5.41, 5.74) is 7.82. The third-order valence-electron chi connectivity index (χ3n) is 4.45. The molecule has 1 aromatic heterocycles. The first-order valence-electron chi connectivity index (χ1n) is 9.31. The smallest absolute Gasteiger partial charge is 0.261 e. The third-order valence-corrected chi connectivity index (χ3v) is 6.57. The molecule has 0 bridgehead atoms. The van der Waals surface area contributed by atoms with E-state index in [9.17, 15) is 13.5 Å². The molecule has 158 valence electrons. The molecule has 0 spiro atoms. The Balaban J connectivity index is 1.47. The van der Waals surface area contributed by atoms with Gasteiger partial charge in [0.05, 0.1) is 11.0 Å². The first kappa shape index (κ1) is 22.5. The first-order valence-corrected chi connectivity index (χ1v) is 11.9. The van der Waals surface area contributed by atoms with Crippen molar-refractivity contribution in [2.45, 2.75) is 17.4 Å². The molecule has 0 amide bonds. The monoisotopic (exact) mass is 538 g/mol. The molecule has 1 heterocycles. The van der Waals surface area contributed by atoms with Gasteiger partial charge in [0.15, 0.2) is 0 Å². The molecule has 2 aromatic carbocycles. The average molecular weight is 538 g/mol. The van der Waals surface area contributed by atoms with Crippen LogP contribution in [-0.2, 0) is 16.4 Å². The Morgan fingerprint density at radius 3 is 2.37 bits per heavy atom. The second-order valence-corrected chi connectivity index (χ2v) is 9.67. The van der Waals surface area contributed by atoms with Crippen LogP contribution in [0, 0.1) is 3.57 Å². The Bertz CT molecular complexity index is 1060. The molecule has 0 saturated heterocycles. The fraction of sp³-hybridized carbons (Fsp3) is 0.190. The number of pyridine rings is 1. The second kappa shape index (κ2) is 10.2. The number of nitrogens with one attached hydrogen (secondary N) is 2. The molecule has 0 aliphatic carbocycles. The molecule has 0 aliphatic rings. The number of hydrogen-bond acceptors (Lipinski definition) is 6. The van der Waals surface area contributed by atoms with Gasteiger partial charge in [-0.15, -0.1) is 0 Å². The van der Waals surface area contributed by atoms with Gasteiger partial charge in [0.1, 0.15) is 5.82 Å². The van der Waals surface area contributed by atoms with E-state index in [0.29, 0.717) is 30.2 Å². The van der Waals surface area contributed by atoms with E-state index in [-0.39, 0.29) is 4.90 Å². The second-order valence-electron chi connectivity index (χ2n) is 6.74. The van der Waals surface area contributed by atoms with Crippen LogP contribution >= 0.6 is 22.6 Å². The van der Waals surface area contributed by atoms with E-state index in [0.717, 1.165) is 15.6 Å². The first-order chi connectivity index (χ1) is 14.3. The quantitative estimate of drug-likeness (QED) is 0.246. The SMILES string of the molecule is Nc1ccc(C(O)CNCCc2ccc(NS(=O)(=O)c3ccc(I)cc3)cc2)cn1. The number of nitrogens with two attached hydrogens (primary N) is 1. The Labute approximate surface area is 189 Å². The van der Waals surface area contributed by atoms with Crippen LogP contribution in [0.15, 0.2) is 71.8 Å². The van der Waals surface area contributed by atoms with E-state index in [1.54, 1.807) is 54.7 Å². The largest absolute Gasteiger partial charge is 0.387 e. The number of sulfonamides is 1. The van der Waals surface area contributed by atoms with Crippen molar-refractivity contribution in [3.05, 3.63) is 81.6 Å². The molecule has 3 aromatic rings. The highest BCUT2D eigenvalue weighted by Gasteiger charge is 2.13. The van der Waals surface area contributed by atoms with Gasteiger partial charge in [0.25, 0.3) is 10.0 Å². The minimum Gasteiger partial charge on any atom is -0.387 e. The minimum atomic E-state index is -3.61. The topological polar surface area (TPSA) is 117 Å². The van der Waals surface area contributed by atoms with Crippen molar-refractivity contribution in [1.82, 2.24) is 10.3 Å². The number of hydrogen-bond donors (Lipinski definition) is 4. The van der Waals surface area contributed by atoms with Crippen molar-refractivity contribution in [2.24, 2.45) is 0 Å². The summed E-state index contributed by atoms with van der Waals surface area (Å²) in [5.74, 6) is 0.420. The minimum absolute atomic E-state index is 0.228. The van der Waals surface area contributed by atoms with E-state index < -0.39 is 16.1 Å². The Kier molecular flexibility index (Phi) is 7.64. The lowest BCUT2D eigenvalue weighted by molar-refractivity contribution is 0.175. The summed E-state index contributed by atoms with van der Waals surface area (Å²) in [6, 6.07) is 17.3. The zero-order chi connectivity index (χ0) is 21.6. The van der Waals surface area contributed by atoms with Crippen LogP contribution < -0.4 is 15.8 Å². The molecule has 0 fully saturated rings. The van der Waals surface area contributed by atoms with Crippen LogP contribution in [0.5, 0.6) is 0 Å². The molecule has 0 saturated carbocycles. The molecule has 7 nitrogen and oxygen atoms in total. The summed E-state index contributed by atoms with van der Waals surface area (Å²) >= 11 is 2.13. The van der Waals surface area contributed by atoms with Crippen LogP contribution in [0.4, 0.5) is 11.5 Å². The zero-order valence-corrected chi connectivity index (χ0v) is 19.1. The van der Waals surface area contributed by atoms with E-state index >= 15 is 0 Å². The molecular formula is C21H23IN4O3S. The maximum absolute atomic E-state index is 12.4. The van der Waals surface area contributed by atoms with Crippen LogP contribution in [0.2, 0.25) is 0 Å². The Morgan fingerprint density at radius 2 is 1.73 bits per heavy atom. The molecular weight excluding hydrogens is 515 g/mol. The van der Waals surface area contributed by atoms with Gasteiger partial charge in [-0.2, -0.15) is 0 Å². The van der Waals surface area contributed by atoms with Gasteiger partial charge in [-0.25, -0.2) is 13.4 Å². The highest BCUT2D eigenvalue weighted by molar-refractivity contribution is 14.1. The molecule has 30 heavy (non-hydrogen) atoms. The van der Waals surface area contributed by atoms with Crippen molar-refractivity contribution in [2.75, 3.05) is 23.5 Å². The highest BCUT2D eigenvalue weighted by atomic mass is 127. The van der Waals surface area contributed by atoms with E-state index in [1.807, 2.05) is 12.1 Å². The Hall–Kier alpha value is -2.21. The summed E-state index contributed by atoms with van der Waals surface area (Å²) in [6.45, 7) is 1.08. The number of aromatic nitrogens is 1. The van der Waals surface area contributed by atoms with E-state index in [2.05, 4.69) is 37.6 Å². The summed E-state index contributed by atoms with van der Waals surface area (Å²) in [7, 11) is -3.61. The van der Waals surface area contributed by atoms with Crippen molar-refractivity contribution >= 4 is 44.1 Å². The maximum Gasteiger partial charge on any atom is 0.261 e. The fourth-order valence-electron chi connectivity index (χ4n) is 2.77. The van der Waals surface area contributed by atoms with Crippen LogP contribution in [-0.4, -0.2) is 31.6 Å². The van der Waals surface area contributed by atoms with Gasteiger partial charge in [-0.3, -0.25) is 4.72 Å². The normalized spacial score (nSPS) is 12.5. The van der Waals surface area contributed by atoms with Gasteiger partial charge in [0, 0.05) is 27.6 Å². The molecule has 1 atom stereocenters. The summed E-state index contributed by atoms with van der Waals surface area (Å²) < 4.78 is 28.5. The van der Waals surface area contributed by atoms with Gasteiger partial charge in [-0.1, -0.05) is 18.2 Å². The standard InChI is InChI=1S/C21H23IN4O3S/c22-17-4-8-19(9-5-17)30(28,29)26-18-6-1-15(2-7-18)11-12-24-14-20(27)16-3-10-21(23)25-13-16/h1-10,13,20,24,26-27H,11-12,14H2,(H2,23,25). The number of rotatable bonds is 9. The van der Waals surface area contributed by atoms with Gasteiger partial charge in [-0.05, 0) is 83.6 Å². The van der Waals surface area contributed by atoms with Crippen molar-refractivity contribution < 1.29 is 13.5 Å². The van der Waals surface area contributed by atoms with Crippen molar-refractivity contribution in [1.29, 1.82) is 0 Å². The number of aliphatic hydroxyl groups excluding tert-OH is 1. The molecule has 1 unspecified atom stereocenters. The molecule has 3 rings (SSSR count). The maximum atomic E-state index is 12.4. The highest BCUT2D eigenvalue weighted by Crippen LogP contribution is 2.18. The van der Waals surface area contributed by atoms with E-state index in [1.165, 1.54) is 0 Å². The van der Waals surface area contributed by atoms with Crippen LogP contribution in [0.1, 0.15) is 17.2 Å². The predicted molar refractivity (Wildman–Crippen MR) is 127 cm³/mol. The van der Waals surface area contributed by atoms with Gasteiger partial charge < -0.3 is 16.2 Å². The van der Waals surface area contributed by atoms with Crippen molar-refractivity contribution in [3.8, 4) is 0 Å². The summed E-state index contributed by atoms with van der Waals surface area (Å²) in [4.78, 5) is 4.20. The third kappa shape index (κ3) is 6.39. The average Bonchev–Trinajstić information content (AvgIpc) is 2.73. The number of benzene rings is 2. The molecule has 9 heteroatoms. The molecule has 0 aliphatic heterocycles. The summed E-state index contributed by atoms with van der Waals surface area (Å²) in [5, 5.41) is 13.4. The number of nitrogen functional groups attached to an aromatic ring is 1. The number of nitrogens with zero attached hydrogens (tertiary/aromatic N) is 1. The predicted octanol–water partition coefficient (Wildman–Crippen LogP) is 2.93. The van der Waals surface area contributed by atoms with Gasteiger partial charge >= 0.3 is 0 Å². The molecule has 5 N–H and O–H groups in total.